The molecule has 0 aliphatic heterocycles. The van der Waals surface area contributed by atoms with Crippen molar-refractivity contribution < 1.29 is 14.4 Å². The van der Waals surface area contributed by atoms with Crippen molar-refractivity contribution in [1.29, 1.82) is 0 Å². The number of benzene rings is 1. The van der Waals surface area contributed by atoms with Gasteiger partial charge in [-0.1, -0.05) is 50.5 Å². The maximum Gasteiger partial charge on any atom is 0.329 e. The zero-order valence-electron chi connectivity index (χ0n) is 10.3. The smallest absolute Gasteiger partial charge is 0.324 e. The molecular formula is C13H21O3P. The van der Waals surface area contributed by atoms with E-state index in [0.29, 0.717) is 5.56 Å². The molecule has 2 N–H and O–H groups in total. The summed E-state index contributed by atoms with van der Waals surface area (Å²) in [6.07, 6.45) is 5.84. The van der Waals surface area contributed by atoms with Crippen LogP contribution in [0.4, 0.5) is 0 Å². The zero-order chi connectivity index (χ0) is 12.7. The van der Waals surface area contributed by atoms with E-state index in [9.17, 15) is 4.57 Å². The third-order valence-electron chi connectivity index (χ3n) is 2.73. The summed E-state index contributed by atoms with van der Waals surface area (Å²) in [6.45, 7) is 2.19. The monoisotopic (exact) mass is 256 g/mol. The molecule has 0 aromatic heterocycles. The van der Waals surface area contributed by atoms with Crippen molar-refractivity contribution >= 4 is 7.60 Å². The fourth-order valence-electron chi connectivity index (χ4n) is 1.81. The van der Waals surface area contributed by atoms with Crippen LogP contribution >= 0.6 is 7.60 Å². The Balaban J connectivity index is 2.42. The highest BCUT2D eigenvalue weighted by molar-refractivity contribution is 7.50. The number of aryl methyl sites for hydroxylation is 1. The summed E-state index contributed by atoms with van der Waals surface area (Å²) < 4.78 is 10.8. The van der Waals surface area contributed by atoms with E-state index < -0.39 is 7.60 Å². The fraction of sp³-hybridized carbons (Fsp3) is 0.538. The van der Waals surface area contributed by atoms with Crippen LogP contribution in [-0.2, 0) is 17.1 Å². The van der Waals surface area contributed by atoms with E-state index in [1.54, 1.807) is 0 Å². The molecule has 0 spiro atoms. The summed E-state index contributed by atoms with van der Waals surface area (Å²) in [5, 5.41) is 0. The molecular weight excluding hydrogens is 235 g/mol. The van der Waals surface area contributed by atoms with Crippen molar-refractivity contribution in [3.63, 3.8) is 0 Å². The molecule has 0 saturated carbocycles. The lowest BCUT2D eigenvalue weighted by Gasteiger charge is -2.05. The first-order chi connectivity index (χ1) is 8.01. The molecule has 4 heteroatoms. The minimum atomic E-state index is -3.93. The van der Waals surface area contributed by atoms with Crippen molar-refractivity contribution in [3.05, 3.63) is 35.4 Å². The van der Waals surface area contributed by atoms with E-state index >= 15 is 0 Å². The highest BCUT2D eigenvalue weighted by atomic mass is 31.2. The Labute approximate surface area is 103 Å². The Hall–Kier alpha value is -0.630. The van der Waals surface area contributed by atoms with Crippen LogP contribution in [0, 0.1) is 0 Å². The van der Waals surface area contributed by atoms with Gasteiger partial charge in [-0.15, -0.1) is 0 Å². The first-order valence-electron chi connectivity index (χ1n) is 6.13. The molecule has 96 valence electrons. The highest BCUT2D eigenvalue weighted by Gasteiger charge is 2.13. The normalized spacial score (nSPS) is 11.7. The Kier molecular flexibility index (Phi) is 5.90. The predicted octanol–water partition coefficient (Wildman–Crippen LogP) is 3.49. The first-order valence-corrected chi connectivity index (χ1v) is 7.93. The van der Waals surface area contributed by atoms with Gasteiger partial charge in [0.15, 0.2) is 0 Å². The van der Waals surface area contributed by atoms with E-state index in [1.807, 2.05) is 24.3 Å². The topological polar surface area (TPSA) is 57.5 Å². The van der Waals surface area contributed by atoms with E-state index in [0.717, 1.165) is 6.42 Å². The van der Waals surface area contributed by atoms with E-state index in [4.69, 9.17) is 9.79 Å². The van der Waals surface area contributed by atoms with Crippen molar-refractivity contribution in [2.24, 2.45) is 0 Å². The van der Waals surface area contributed by atoms with Gasteiger partial charge in [0.05, 0.1) is 6.16 Å². The van der Waals surface area contributed by atoms with Crippen LogP contribution in [0.15, 0.2) is 24.3 Å². The van der Waals surface area contributed by atoms with Gasteiger partial charge < -0.3 is 9.79 Å². The molecule has 0 bridgehead atoms. The average Bonchev–Trinajstić information content (AvgIpc) is 2.25. The van der Waals surface area contributed by atoms with Gasteiger partial charge in [0.25, 0.3) is 0 Å². The second-order valence-corrected chi connectivity index (χ2v) is 6.10. The van der Waals surface area contributed by atoms with Gasteiger partial charge in [-0.25, -0.2) is 0 Å². The molecule has 1 aromatic rings. The quantitative estimate of drug-likeness (QED) is 0.580. The maximum absolute atomic E-state index is 10.8. The second kappa shape index (κ2) is 6.95. The minimum Gasteiger partial charge on any atom is -0.324 e. The summed E-state index contributed by atoms with van der Waals surface area (Å²) in [7, 11) is -3.93. The highest BCUT2D eigenvalue weighted by Crippen LogP contribution is 2.38. The molecule has 0 aliphatic carbocycles. The van der Waals surface area contributed by atoms with Gasteiger partial charge in [-0.3, -0.25) is 4.57 Å². The molecule has 0 unspecified atom stereocenters. The number of unbranched alkanes of at least 4 members (excludes halogenated alkanes) is 3. The minimum absolute atomic E-state index is 0.164. The summed E-state index contributed by atoms with van der Waals surface area (Å²) >= 11 is 0. The fourth-order valence-corrected chi connectivity index (χ4v) is 2.49. The molecule has 1 rings (SSSR count). The van der Waals surface area contributed by atoms with Crippen LogP contribution in [0.25, 0.3) is 0 Å². The van der Waals surface area contributed by atoms with Crippen molar-refractivity contribution in [3.8, 4) is 0 Å². The van der Waals surface area contributed by atoms with Crippen LogP contribution in [-0.4, -0.2) is 9.79 Å². The standard InChI is InChI=1S/C13H21O3P/c1-2-3-4-5-6-12-7-9-13(10-8-12)11-17(14,15)16/h7-10H,2-6,11H2,1H3,(H2,14,15,16). The Morgan fingerprint density at radius 1 is 1.00 bits per heavy atom. The Morgan fingerprint density at radius 2 is 1.59 bits per heavy atom. The molecule has 0 amide bonds. The van der Waals surface area contributed by atoms with Crippen molar-refractivity contribution in [2.75, 3.05) is 0 Å². The van der Waals surface area contributed by atoms with Crippen LogP contribution in [0.2, 0.25) is 0 Å². The average molecular weight is 256 g/mol. The molecule has 0 heterocycles. The van der Waals surface area contributed by atoms with Gasteiger partial charge in [0.2, 0.25) is 0 Å². The zero-order valence-corrected chi connectivity index (χ0v) is 11.2. The maximum atomic E-state index is 10.8. The van der Waals surface area contributed by atoms with Crippen LogP contribution in [0.1, 0.15) is 43.7 Å². The van der Waals surface area contributed by atoms with Gasteiger partial charge >= 0.3 is 7.60 Å². The third kappa shape index (κ3) is 6.62. The van der Waals surface area contributed by atoms with Crippen LogP contribution in [0.3, 0.4) is 0 Å². The van der Waals surface area contributed by atoms with E-state index in [-0.39, 0.29) is 6.16 Å². The summed E-state index contributed by atoms with van der Waals surface area (Å²) in [4.78, 5) is 17.7. The summed E-state index contributed by atoms with van der Waals surface area (Å²) in [5.74, 6) is 0. The molecule has 1 aromatic carbocycles. The number of hydrogen-bond donors (Lipinski definition) is 2. The van der Waals surface area contributed by atoms with E-state index in [2.05, 4.69) is 6.92 Å². The summed E-state index contributed by atoms with van der Waals surface area (Å²) in [5.41, 5.74) is 1.95. The second-order valence-electron chi connectivity index (χ2n) is 4.45. The van der Waals surface area contributed by atoms with Crippen molar-refractivity contribution in [2.45, 2.75) is 45.2 Å². The molecule has 0 saturated heterocycles. The lowest BCUT2D eigenvalue weighted by atomic mass is 10.1. The van der Waals surface area contributed by atoms with Gasteiger partial charge in [-0.05, 0) is 24.0 Å². The Bertz CT molecular complexity index is 367. The van der Waals surface area contributed by atoms with Gasteiger partial charge in [0, 0.05) is 0 Å². The van der Waals surface area contributed by atoms with Crippen molar-refractivity contribution in [1.82, 2.24) is 0 Å². The molecule has 0 atom stereocenters. The lowest BCUT2D eigenvalue weighted by molar-refractivity contribution is 0.371. The number of hydrogen-bond acceptors (Lipinski definition) is 1. The third-order valence-corrected chi connectivity index (χ3v) is 3.51. The van der Waals surface area contributed by atoms with Gasteiger partial charge in [-0.2, -0.15) is 0 Å². The lowest BCUT2D eigenvalue weighted by Crippen LogP contribution is -1.89. The predicted molar refractivity (Wildman–Crippen MR) is 70.0 cm³/mol. The summed E-state index contributed by atoms with van der Waals surface area (Å²) in [6, 6.07) is 7.57. The van der Waals surface area contributed by atoms with E-state index in [1.165, 1.54) is 31.2 Å². The molecule has 0 fully saturated rings. The van der Waals surface area contributed by atoms with Gasteiger partial charge in [0.1, 0.15) is 0 Å². The van der Waals surface area contributed by atoms with Crippen LogP contribution in [0.5, 0.6) is 0 Å². The largest absolute Gasteiger partial charge is 0.329 e. The molecule has 0 radical (unpaired) electrons. The molecule has 0 aliphatic rings. The SMILES string of the molecule is CCCCCCc1ccc(CP(=O)(O)O)cc1. The number of rotatable bonds is 7. The molecule has 3 nitrogen and oxygen atoms in total. The van der Waals surface area contributed by atoms with Crippen LogP contribution < -0.4 is 0 Å². The Morgan fingerprint density at radius 3 is 2.12 bits per heavy atom. The first kappa shape index (κ1) is 14.4. The molecule has 17 heavy (non-hydrogen) atoms.